The van der Waals surface area contributed by atoms with Crippen molar-refractivity contribution in [1.29, 1.82) is 0 Å². The maximum Gasteiger partial charge on any atom is 0.107 e. The maximum atomic E-state index is 5.79. The van der Waals surface area contributed by atoms with E-state index < -0.39 is 0 Å². The molecular formula is C15H20BrN3. The van der Waals surface area contributed by atoms with E-state index in [0.29, 0.717) is 6.54 Å². The summed E-state index contributed by atoms with van der Waals surface area (Å²) in [7, 11) is 0. The molecule has 0 aliphatic carbocycles. The summed E-state index contributed by atoms with van der Waals surface area (Å²) in [6.07, 6.45) is 0.856. The van der Waals surface area contributed by atoms with Gasteiger partial charge in [-0.15, -0.1) is 0 Å². The van der Waals surface area contributed by atoms with E-state index in [9.17, 15) is 0 Å². The van der Waals surface area contributed by atoms with Crippen molar-refractivity contribution >= 4 is 15.9 Å². The molecule has 0 radical (unpaired) electrons. The van der Waals surface area contributed by atoms with Crippen molar-refractivity contribution in [1.82, 2.24) is 9.97 Å². The fourth-order valence-corrected chi connectivity index (χ4v) is 2.52. The van der Waals surface area contributed by atoms with Crippen LogP contribution < -0.4 is 5.73 Å². The van der Waals surface area contributed by atoms with Crippen LogP contribution in [0, 0.1) is 12.3 Å². The van der Waals surface area contributed by atoms with Crippen molar-refractivity contribution in [3.8, 4) is 11.3 Å². The van der Waals surface area contributed by atoms with Crippen molar-refractivity contribution in [2.24, 2.45) is 11.1 Å². The Bertz CT molecular complexity index is 573. The Balaban J connectivity index is 2.35. The standard InChI is InChI=1S/C15H20BrN3/c1-10-14(11-6-4-5-7-12(11)16)19-13(18-10)8-15(2,3)9-17/h4-7H,8-9,17H2,1-3H3,(H,18,19). The van der Waals surface area contributed by atoms with Gasteiger partial charge in [-0.1, -0.05) is 48.0 Å². The molecule has 3 nitrogen and oxygen atoms in total. The summed E-state index contributed by atoms with van der Waals surface area (Å²) in [5, 5.41) is 0. The Morgan fingerprint density at radius 3 is 2.63 bits per heavy atom. The Hall–Kier alpha value is -1.13. The first-order chi connectivity index (χ1) is 8.93. The summed E-state index contributed by atoms with van der Waals surface area (Å²) in [5.41, 5.74) is 9.07. The van der Waals surface area contributed by atoms with E-state index >= 15 is 0 Å². The van der Waals surface area contributed by atoms with Gasteiger partial charge in [-0.2, -0.15) is 0 Å². The van der Waals surface area contributed by atoms with E-state index in [4.69, 9.17) is 10.7 Å². The Morgan fingerprint density at radius 2 is 2.00 bits per heavy atom. The lowest BCUT2D eigenvalue weighted by atomic mass is 9.89. The number of aromatic nitrogens is 2. The van der Waals surface area contributed by atoms with Crippen molar-refractivity contribution < 1.29 is 0 Å². The number of benzene rings is 1. The molecule has 0 bridgehead atoms. The molecule has 4 heteroatoms. The second-order valence-corrected chi connectivity index (χ2v) is 6.54. The molecule has 1 aromatic heterocycles. The third-order valence-electron chi connectivity index (χ3n) is 3.26. The quantitative estimate of drug-likeness (QED) is 0.902. The molecule has 102 valence electrons. The molecule has 0 saturated carbocycles. The molecule has 0 saturated heterocycles. The van der Waals surface area contributed by atoms with Crippen LogP contribution in [-0.4, -0.2) is 16.5 Å². The van der Waals surface area contributed by atoms with Gasteiger partial charge in [-0.25, -0.2) is 4.98 Å². The third-order valence-corrected chi connectivity index (χ3v) is 3.95. The molecule has 19 heavy (non-hydrogen) atoms. The number of imidazole rings is 1. The van der Waals surface area contributed by atoms with Crippen LogP contribution in [0.4, 0.5) is 0 Å². The number of nitrogens with zero attached hydrogens (tertiary/aromatic N) is 1. The summed E-state index contributed by atoms with van der Waals surface area (Å²) in [6.45, 7) is 7.02. The minimum absolute atomic E-state index is 0.0650. The number of hydrogen-bond acceptors (Lipinski definition) is 2. The van der Waals surface area contributed by atoms with Crippen molar-refractivity contribution in [2.75, 3.05) is 6.54 Å². The maximum absolute atomic E-state index is 5.79. The van der Waals surface area contributed by atoms with Gasteiger partial charge in [0.1, 0.15) is 5.82 Å². The Morgan fingerprint density at radius 1 is 1.32 bits per heavy atom. The molecule has 0 aliphatic rings. The zero-order valence-electron chi connectivity index (χ0n) is 11.6. The number of nitrogens with one attached hydrogen (secondary N) is 1. The van der Waals surface area contributed by atoms with E-state index in [1.165, 1.54) is 0 Å². The van der Waals surface area contributed by atoms with Crippen LogP contribution >= 0.6 is 15.9 Å². The van der Waals surface area contributed by atoms with E-state index in [-0.39, 0.29) is 5.41 Å². The summed E-state index contributed by atoms with van der Waals surface area (Å²) >= 11 is 3.58. The van der Waals surface area contributed by atoms with Gasteiger partial charge in [0.15, 0.2) is 0 Å². The van der Waals surface area contributed by atoms with Crippen molar-refractivity contribution in [3.63, 3.8) is 0 Å². The van der Waals surface area contributed by atoms with Gasteiger partial charge in [0.05, 0.1) is 5.69 Å². The van der Waals surface area contributed by atoms with Crippen molar-refractivity contribution in [2.45, 2.75) is 27.2 Å². The second kappa shape index (κ2) is 5.47. The van der Waals surface area contributed by atoms with E-state index in [1.54, 1.807) is 0 Å². The van der Waals surface area contributed by atoms with Crippen LogP contribution in [0.2, 0.25) is 0 Å². The molecule has 0 amide bonds. The van der Waals surface area contributed by atoms with Gasteiger partial charge in [-0.05, 0) is 24.9 Å². The monoisotopic (exact) mass is 321 g/mol. The van der Waals surface area contributed by atoms with Gasteiger partial charge in [0, 0.05) is 22.2 Å². The van der Waals surface area contributed by atoms with Crippen LogP contribution in [0.1, 0.15) is 25.4 Å². The zero-order chi connectivity index (χ0) is 14.0. The zero-order valence-corrected chi connectivity index (χ0v) is 13.2. The molecule has 1 heterocycles. The SMILES string of the molecule is Cc1[nH]c(CC(C)(C)CN)nc1-c1ccccc1Br. The molecule has 3 N–H and O–H groups in total. The fourth-order valence-electron chi connectivity index (χ4n) is 2.05. The van der Waals surface area contributed by atoms with Gasteiger partial charge in [-0.3, -0.25) is 0 Å². The van der Waals surface area contributed by atoms with E-state index in [1.807, 2.05) is 18.2 Å². The smallest absolute Gasteiger partial charge is 0.107 e. The van der Waals surface area contributed by atoms with Gasteiger partial charge >= 0.3 is 0 Å². The van der Waals surface area contributed by atoms with Gasteiger partial charge < -0.3 is 10.7 Å². The molecule has 2 rings (SSSR count). The Labute approximate surface area is 122 Å². The molecule has 2 aromatic rings. The highest BCUT2D eigenvalue weighted by atomic mass is 79.9. The fraction of sp³-hybridized carbons (Fsp3) is 0.400. The first-order valence-electron chi connectivity index (χ1n) is 6.43. The summed E-state index contributed by atoms with van der Waals surface area (Å²) in [5.74, 6) is 0.999. The molecule has 1 aromatic carbocycles. The number of aryl methyl sites for hydroxylation is 1. The first kappa shape index (κ1) is 14.3. The normalized spacial score (nSPS) is 11.8. The minimum Gasteiger partial charge on any atom is -0.346 e. The Kier molecular flexibility index (Phi) is 4.11. The van der Waals surface area contributed by atoms with Crippen molar-refractivity contribution in [3.05, 3.63) is 40.3 Å². The molecule has 0 aliphatic heterocycles. The highest BCUT2D eigenvalue weighted by Crippen LogP contribution is 2.30. The second-order valence-electron chi connectivity index (χ2n) is 5.68. The average molecular weight is 322 g/mol. The molecule has 0 fully saturated rings. The van der Waals surface area contributed by atoms with Crippen LogP contribution in [0.3, 0.4) is 0 Å². The lowest BCUT2D eigenvalue weighted by Gasteiger charge is -2.20. The van der Waals surface area contributed by atoms with Gasteiger partial charge in [0.2, 0.25) is 0 Å². The lowest BCUT2D eigenvalue weighted by molar-refractivity contribution is 0.369. The molecule has 0 atom stereocenters. The third kappa shape index (κ3) is 3.25. The highest BCUT2D eigenvalue weighted by Gasteiger charge is 2.20. The minimum atomic E-state index is 0.0650. The van der Waals surface area contributed by atoms with E-state index in [0.717, 1.165) is 33.7 Å². The molecule has 0 unspecified atom stereocenters. The number of halogens is 1. The number of aromatic amines is 1. The summed E-state index contributed by atoms with van der Waals surface area (Å²) in [6, 6.07) is 8.14. The molecular weight excluding hydrogens is 302 g/mol. The first-order valence-corrected chi connectivity index (χ1v) is 7.23. The van der Waals surface area contributed by atoms with Crippen LogP contribution in [0.5, 0.6) is 0 Å². The highest BCUT2D eigenvalue weighted by molar-refractivity contribution is 9.10. The van der Waals surface area contributed by atoms with E-state index in [2.05, 4.69) is 47.8 Å². The van der Waals surface area contributed by atoms with Gasteiger partial charge in [0.25, 0.3) is 0 Å². The number of nitrogens with two attached hydrogens (primary N) is 1. The number of hydrogen-bond donors (Lipinski definition) is 2. The summed E-state index contributed by atoms with van der Waals surface area (Å²) in [4.78, 5) is 8.11. The predicted octanol–water partition coefficient (Wildman–Crippen LogP) is 3.68. The topological polar surface area (TPSA) is 54.7 Å². The lowest BCUT2D eigenvalue weighted by Crippen LogP contribution is -2.26. The van der Waals surface area contributed by atoms with Crippen LogP contribution in [0.15, 0.2) is 28.7 Å². The summed E-state index contributed by atoms with van der Waals surface area (Å²) < 4.78 is 1.06. The largest absolute Gasteiger partial charge is 0.346 e. The number of H-pyrrole nitrogens is 1. The average Bonchev–Trinajstić information content (AvgIpc) is 2.70. The number of rotatable bonds is 4. The van der Waals surface area contributed by atoms with Crippen LogP contribution in [0.25, 0.3) is 11.3 Å². The predicted molar refractivity (Wildman–Crippen MR) is 83.0 cm³/mol. The van der Waals surface area contributed by atoms with Crippen LogP contribution in [-0.2, 0) is 6.42 Å². The molecule has 0 spiro atoms.